The first-order chi connectivity index (χ1) is 6.24. The number of aryl methyl sites for hydroxylation is 1. The highest BCUT2D eigenvalue weighted by Gasteiger charge is 2.01. The fraction of sp³-hybridized carbons (Fsp3) is 0.444. The molecule has 0 amide bonds. The fourth-order valence-electron chi connectivity index (χ4n) is 0.961. The molecule has 2 nitrogen and oxygen atoms in total. The Hall–Kier alpha value is -0.370. The molecule has 13 heavy (non-hydrogen) atoms. The second-order valence-corrected chi connectivity index (χ2v) is 4.90. The molecule has 0 aromatic carbocycles. The molecule has 1 rings (SSSR count). The van der Waals surface area contributed by atoms with Gasteiger partial charge in [-0.05, 0) is 28.9 Å². The first-order valence-electron chi connectivity index (χ1n) is 4.06. The second kappa shape index (κ2) is 5.38. The zero-order chi connectivity index (χ0) is 9.68. The average Bonchev–Trinajstić information content (AvgIpc) is 2.41. The van der Waals surface area contributed by atoms with Gasteiger partial charge >= 0.3 is 0 Å². The Balaban J connectivity index is 2.34. The van der Waals surface area contributed by atoms with Crippen molar-refractivity contribution in [2.75, 3.05) is 6.54 Å². The molecule has 0 aliphatic rings. The van der Waals surface area contributed by atoms with Gasteiger partial charge in [0.25, 0.3) is 0 Å². The van der Waals surface area contributed by atoms with Crippen LogP contribution in [0.25, 0.3) is 0 Å². The summed E-state index contributed by atoms with van der Waals surface area (Å²) < 4.78 is 1.18. The molecule has 0 radical (unpaired) electrons. The zero-order valence-electron chi connectivity index (χ0n) is 7.43. The van der Waals surface area contributed by atoms with Gasteiger partial charge in [-0.25, -0.2) is 0 Å². The van der Waals surface area contributed by atoms with Crippen LogP contribution in [0.5, 0.6) is 0 Å². The Labute approximate surface area is 90.7 Å². The van der Waals surface area contributed by atoms with E-state index in [1.807, 2.05) is 0 Å². The van der Waals surface area contributed by atoms with Gasteiger partial charge in [0.15, 0.2) is 0 Å². The van der Waals surface area contributed by atoms with Crippen molar-refractivity contribution in [3.05, 3.63) is 20.3 Å². The van der Waals surface area contributed by atoms with E-state index >= 15 is 0 Å². The van der Waals surface area contributed by atoms with Crippen LogP contribution in [-0.2, 0) is 6.54 Å². The Morgan fingerprint density at radius 2 is 2.46 bits per heavy atom. The summed E-state index contributed by atoms with van der Waals surface area (Å²) in [5.74, 6) is 0. The second-order valence-electron chi connectivity index (χ2n) is 2.70. The molecule has 0 saturated carbocycles. The van der Waals surface area contributed by atoms with Crippen LogP contribution in [0.15, 0.2) is 10.5 Å². The van der Waals surface area contributed by atoms with Gasteiger partial charge in [-0.3, -0.25) is 0 Å². The summed E-state index contributed by atoms with van der Waals surface area (Å²) in [7, 11) is 0. The molecule has 1 aromatic heterocycles. The minimum atomic E-state index is 0.575. The monoisotopic (exact) mass is 258 g/mol. The number of thiophene rings is 1. The van der Waals surface area contributed by atoms with Crippen LogP contribution in [0.4, 0.5) is 0 Å². The number of halogens is 1. The van der Waals surface area contributed by atoms with Crippen LogP contribution in [0, 0.1) is 18.3 Å². The maximum absolute atomic E-state index is 8.32. The topological polar surface area (TPSA) is 35.8 Å². The number of nitriles is 1. The number of hydrogen-bond acceptors (Lipinski definition) is 3. The number of nitrogens with one attached hydrogen (secondary N) is 1. The molecule has 0 spiro atoms. The third-order valence-corrected chi connectivity index (χ3v) is 3.76. The van der Waals surface area contributed by atoms with E-state index < -0.39 is 0 Å². The van der Waals surface area contributed by atoms with Crippen LogP contribution in [0.1, 0.15) is 16.2 Å². The van der Waals surface area contributed by atoms with Crippen molar-refractivity contribution in [3.63, 3.8) is 0 Å². The molecule has 0 unspecified atom stereocenters. The highest BCUT2D eigenvalue weighted by molar-refractivity contribution is 9.10. The predicted octanol–water partition coefficient (Wildman–Crippen LogP) is 2.82. The smallest absolute Gasteiger partial charge is 0.0635 e. The van der Waals surface area contributed by atoms with E-state index in [2.05, 4.69) is 40.3 Å². The minimum absolute atomic E-state index is 0.575. The molecule has 0 aliphatic heterocycles. The van der Waals surface area contributed by atoms with Crippen molar-refractivity contribution in [2.45, 2.75) is 19.9 Å². The Kier molecular flexibility index (Phi) is 4.43. The third-order valence-electron chi connectivity index (χ3n) is 1.62. The van der Waals surface area contributed by atoms with Crippen molar-refractivity contribution in [3.8, 4) is 6.07 Å². The molecule has 1 aromatic rings. The lowest BCUT2D eigenvalue weighted by molar-refractivity contribution is 0.706. The van der Waals surface area contributed by atoms with Crippen molar-refractivity contribution < 1.29 is 0 Å². The third kappa shape index (κ3) is 3.47. The summed E-state index contributed by atoms with van der Waals surface area (Å²) in [5, 5.41) is 11.5. The summed E-state index contributed by atoms with van der Waals surface area (Å²) in [4.78, 5) is 2.61. The van der Waals surface area contributed by atoms with Gasteiger partial charge in [-0.2, -0.15) is 5.26 Å². The van der Waals surface area contributed by atoms with Gasteiger partial charge in [0.05, 0.1) is 6.07 Å². The van der Waals surface area contributed by atoms with Gasteiger partial charge < -0.3 is 5.32 Å². The maximum atomic E-state index is 8.32. The summed E-state index contributed by atoms with van der Waals surface area (Å²) in [5.41, 5.74) is 0. The van der Waals surface area contributed by atoms with E-state index in [0.717, 1.165) is 13.1 Å². The van der Waals surface area contributed by atoms with Crippen LogP contribution >= 0.6 is 27.3 Å². The van der Waals surface area contributed by atoms with Crippen molar-refractivity contribution in [2.24, 2.45) is 0 Å². The lowest BCUT2D eigenvalue weighted by Crippen LogP contribution is -2.12. The van der Waals surface area contributed by atoms with Crippen molar-refractivity contribution >= 4 is 27.3 Å². The Morgan fingerprint density at radius 1 is 1.69 bits per heavy atom. The molecular weight excluding hydrogens is 248 g/mol. The summed E-state index contributed by atoms with van der Waals surface area (Å²) in [6.07, 6.45) is 0.575. The first kappa shape index (κ1) is 10.7. The molecule has 0 bridgehead atoms. The Morgan fingerprint density at radius 3 is 3.00 bits per heavy atom. The van der Waals surface area contributed by atoms with Crippen LogP contribution < -0.4 is 5.32 Å². The molecule has 0 saturated heterocycles. The molecule has 1 N–H and O–H groups in total. The highest BCUT2D eigenvalue weighted by Crippen LogP contribution is 2.25. The Bertz CT molecular complexity index is 294. The van der Waals surface area contributed by atoms with Gasteiger partial charge in [-0.1, -0.05) is 0 Å². The SMILES string of the molecule is Cc1sc(CNCCC#N)cc1Br. The highest BCUT2D eigenvalue weighted by atomic mass is 79.9. The van der Waals surface area contributed by atoms with Crippen molar-refractivity contribution in [1.29, 1.82) is 5.26 Å². The number of rotatable bonds is 4. The quantitative estimate of drug-likeness (QED) is 0.844. The molecule has 1 heterocycles. The van der Waals surface area contributed by atoms with Gasteiger partial charge in [0, 0.05) is 33.7 Å². The van der Waals surface area contributed by atoms with E-state index in [4.69, 9.17) is 5.26 Å². The van der Waals surface area contributed by atoms with Gasteiger partial charge in [0.1, 0.15) is 0 Å². The summed E-state index contributed by atoms with van der Waals surface area (Å²) >= 11 is 5.25. The maximum Gasteiger partial charge on any atom is 0.0635 e. The standard InChI is InChI=1S/C9H11BrN2S/c1-7-9(10)5-8(13-7)6-12-4-2-3-11/h5,12H,2,4,6H2,1H3. The largest absolute Gasteiger partial charge is 0.311 e. The normalized spacial score (nSPS) is 9.92. The average molecular weight is 259 g/mol. The predicted molar refractivity (Wildman–Crippen MR) is 58.7 cm³/mol. The van der Waals surface area contributed by atoms with E-state index in [-0.39, 0.29) is 0 Å². The minimum Gasteiger partial charge on any atom is -0.311 e. The molecule has 70 valence electrons. The van der Waals surface area contributed by atoms with Crippen LogP contribution in [0.3, 0.4) is 0 Å². The van der Waals surface area contributed by atoms with Gasteiger partial charge in [-0.15, -0.1) is 11.3 Å². The molecule has 4 heteroatoms. The lowest BCUT2D eigenvalue weighted by atomic mass is 10.4. The summed E-state index contributed by atoms with van der Waals surface area (Å²) in [6.45, 7) is 3.72. The molecular formula is C9H11BrN2S. The van der Waals surface area contributed by atoms with Crippen molar-refractivity contribution in [1.82, 2.24) is 5.32 Å². The number of nitrogens with zero attached hydrogens (tertiary/aromatic N) is 1. The van der Waals surface area contributed by atoms with E-state index in [0.29, 0.717) is 6.42 Å². The fourth-order valence-corrected chi connectivity index (χ4v) is 2.53. The van der Waals surface area contributed by atoms with Crippen LogP contribution in [0.2, 0.25) is 0 Å². The first-order valence-corrected chi connectivity index (χ1v) is 5.67. The van der Waals surface area contributed by atoms with E-state index in [1.165, 1.54) is 14.2 Å². The zero-order valence-corrected chi connectivity index (χ0v) is 9.83. The van der Waals surface area contributed by atoms with Gasteiger partial charge in [0.2, 0.25) is 0 Å². The number of hydrogen-bond donors (Lipinski definition) is 1. The van der Waals surface area contributed by atoms with Crippen LogP contribution in [-0.4, -0.2) is 6.54 Å². The molecule has 0 aliphatic carbocycles. The van der Waals surface area contributed by atoms with E-state index in [1.54, 1.807) is 11.3 Å². The summed E-state index contributed by atoms with van der Waals surface area (Å²) in [6, 6.07) is 4.23. The lowest BCUT2D eigenvalue weighted by Gasteiger charge is -1.97. The molecule has 0 atom stereocenters. The van der Waals surface area contributed by atoms with E-state index in [9.17, 15) is 0 Å². The molecule has 0 fully saturated rings.